The second kappa shape index (κ2) is 3.95. The lowest BCUT2D eigenvalue weighted by Crippen LogP contribution is -2.46. The summed E-state index contributed by atoms with van der Waals surface area (Å²) >= 11 is 0. The van der Waals surface area contributed by atoms with Crippen molar-refractivity contribution in [1.82, 2.24) is 4.90 Å². The Morgan fingerprint density at radius 3 is 2.13 bits per heavy atom. The summed E-state index contributed by atoms with van der Waals surface area (Å²) in [5.41, 5.74) is 0.576. The van der Waals surface area contributed by atoms with Crippen LogP contribution >= 0.6 is 0 Å². The topological polar surface area (TPSA) is 37.4 Å². The van der Waals surface area contributed by atoms with Gasteiger partial charge in [0.1, 0.15) is 5.78 Å². The minimum atomic E-state index is -0.0241. The predicted molar refractivity (Wildman–Crippen MR) is 57.4 cm³/mol. The number of rotatable bonds is 2. The van der Waals surface area contributed by atoms with Crippen LogP contribution in [0.25, 0.3) is 0 Å². The van der Waals surface area contributed by atoms with Gasteiger partial charge in [-0.25, -0.2) is 0 Å². The molecule has 0 aromatic heterocycles. The molecule has 1 saturated carbocycles. The van der Waals surface area contributed by atoms with Crippen molar-refractivity contribution in [3.8, 4) is 0 Å². The largest absolute Gasteiger partial charge is 0.342 e. The predicted octanol–water partition coefficient (Wildman–Crippen LogP) is 1.76. The van der Waals surface area contributed by atoms with Crippen LogP contribution in [0.1, 0.15) is 45.4 Å². The summed E-state index contributed by atoms with van der Waals surface area (Å²) in [4.78, 5) is 24.3. The second-order valence-corrected chi connectivity index (χ2v) is 5.11. The Hall–Kier alpha value is -0.860. The van der Waals surface area contributed by atoms with E-state index in [1.54, 1.807) is 0 Å². The maximum atomic E-state index is 11.6. The van der Waals surface area contributed by atoms with Crippen molar-refractivity contribution in [2.24, 2.45) is 5.41 Å². The van der Waals surface area contributed by atoms with E-state index >= 15 is 0 Å². The Kier molecular flexibility index (Phi) is 2.81. The Labute approximate surface area is 90.8 Å². The second-order valence-electron chi connectivity index (χ2n) is 5.11. The monoisotopic (exact) mass is 209 g/mol. The molecule has 1 amide bonds. The van der Waals surface area contributed by atoms with Crippen LogP contribution in [0.15, 0.2) is 0 Å². The average Bonchev–Trinajstić information content (AvgIpc) is 2.14. The van der Waals surface area contributed by atoms with Gasteiger partial charge in [0.2, 0.25) is 5.91 Å². The SMILES string of the molecule is CC(=O)CC(=O)N1CCC2(CCC2)CC1. The summed E-state index contributed by atoms with van der Waals surface area (Å²) in [7, 11) is 0. The Balaban J connectivity index is 1.82. The summed E-state index contributed by atoms with van der Waals surface area (Å²) in [5.74, 6) is 0.000560. The molecule has 3 heteroatoms. The van der Waals surface area contributed by atoms with Crippen LogP contribution in [0.3, 0.4) is 0 Å². The minimum absolute atomic E-state index is 0.0241. The smallest absolute Gasteiger partial charge is 0.230 e. The number of hydrogen-bond acceptors (Lipinski definition) is 2. The summed E-state index contributed by atoms with van der Waals surface area (Å²) in [6, 6.07) is 0. The number of piperidine rings is 1. The quantitative estimate of drug-likeness (QED) is 0.650. The third kappa shape index (κ3) is 2.21. The molecule has 1 heterocycles. The van der Waals surface area contributed by atoms with E-state index in [1.165, 1.54) is 26.2 Å². The number of hydrogen-bond donors (Lipinski definition) is 0. The van der Waals surface area contributed by atoms with E-state index in [4.69, 9.17) is 0 Å². The molecule has 0 N–H and O–H groups in total. The summed E-state index contributed by atoms with van der Waals surface area (Å²) in [5, 5.41) is 0. The van der Waals surface area contributed by atoms with Crippen LogP contribution in [0.5, 0.6) is 0 Å². The molecular formula is C12H19NO2. The fourth-order valence-electron chi connectivity index (χ4n) is 2.73. The first kappa shape index (κ1) is 10.7. The van der Waals surface area contributed by atoms with Crippen molar-refractivity contribution in [2.75, 3.05) is 13.1 Å². The van der Waals surface area contributed by atoms with Gasteiger partial charge in [0.15, 0.2) is 0 Å². The Bertz CT molecular complexity index is 271. The van der Waals surface area contributed by atoms with Gasteiger partial charge in [-0.1, -0.05) is 6.42 Å². The van der Waals surface area contributed by atoms with Crippen LogP contribution in [0, 0.1) is 5.41 Å². The van der Waals surface area contributed by atoms with E-state index in [0.29, 0.717) is 5.41 Å². The highest BCUT2D eigenvalue weighted by atomic mass is 16.2. The van der Waals surface area contributed by atoms with Gasteiger partial charge in [-0.15, -0.1) is 0 Å². The Morgan fingerprint density at radius 2 is 1.73 bits per heavy atom. The molecule has 2 rings (SSSR count). The normalized spacial score (nSPS) is 23.7. The fraction of sp³-hybridized carbons (Fsp3) is 0.833. The van der Waals surface area contributed by atoms with Crippen LogP contribution in [-0.2, 0) is 9.59 Å². The van der Waals surface area contributed by atoms with Crippen LogP contribution < -0.4 is 0 Å². The van der Waals surface area contributed by atoms with E-state index in [0.717, 1.165) is 25.9 Å². The van der Waals surface area contributed by atoms with Gasteiger partial charge >= 0.3 is 0 Å². The van der Waals surface area contributed by atoms with E-state index in [9.17, 15) is 9.59 Å². The van der Waals surface area contributed by atoms with Crippen molar-refractivity contribution >= 4 is 11.7 Å². The number of Topliss-reactive ketones (excluding diaryl/α,β-unsaturated/α-hetero) is 1. The molecule has 84 valence electrons. The zero-order chi connectivity index (χ0) is 10.9. The van der Waals surface area contributed by atoms with Gasteiger partial charge in [-0.3, -0.25) is 9.59 Å². The van der Waals surface area contributed by atoms with E-state index < -0.39 is 0 Å². The zero-order valence-corrected chi connectivity index (χ0v) is 9.42. The number of likely N-dealkylation sites (tertiary alicyclic amines) is 1. The molecule has 2 aliphatic rings. The third-order valence-corrected chi connectivity index (χ3v) is 3.99. The molecule has 1 aliphatic heterocycles. The van der Waals surface area contributed by atoms with E-state index in [2.05, 4.69) is 0 Å². The molecule has 3 nitrogen and oxygen atoms in total. The molecule has 0 bridgehead atoms. The van der Waals surface area contributed by atoms with Crippen molar-refractivity contribution in [2.45, 2.75) is 45.4 Å². The standard InChI is InChI=1S/C12H19NO2/c1-10(14)9-11(15)13-7-5-12(6-8-13)3-2-4-12/h2-9H2,1H3. The number of carbonyl (C=O) groups excluding carboxylic acids is 2. The lowest BCUT2D eigenvalue weighted by Gasteiger charge is -2.48. The average molecular weight is 209 g/mol. The molecule has 1 aliphatic carbocycles. The zero-order valence-electron chi connectivity index (χ0n) is 9.42. The third-order valence-electron chi connectivity index (χ3n) is 3.99. The van der Waals surface area contributed by atoms with Gasteiger partial charge < -0.3 is 4.90 Å². The van der Waals surface area contributed by atoms with Crippen molar-refractivity contribution in [3.05, 3.63) is 0 Å². The molecule has 0 radical (unpaired) electrons. The van der Waals surface area contributed by atoms with Crippen molar-refractivity contribution < 1.29 is 9.59 Å². The fourth-order valence-corrected chi connectivity index (χ4v) is 2.73. The maximum Gasteiger partial charge on any atom is 0.230 e. The lowest BCUT2D eigenvalue weighted by molar-refractivity contribution is -0.137. The molecule has 0 aromatic carbocycles. The molecule has 0 aromatic rings. The van der Waals surface area contributed by atoms with Gasteiger partial charge in [-0.2, -0.15) is 0 Å². The number of carbonyl (C=O) groups is 2. The van der Waals surface area contributed by atoms with Gasteiger partial charge in [0.05, 0.1) is 6.42 Å². The number of amides is 1. The minimum Gasteiger partial charge on any atom is -0.342 e. The maximum absolute atomic E-state index is 11.6. The van der Waals surface area contributed by atoms with Crippen molar-refractivity contribution in [1.29, 1.82) is 0 Å². The summed E-state index contributed by atoms with van der Waals surface area (Å²) in [6.45, 7) is 3.22. The molecule has 0 atom stereocenters. The van der Waals surface area contributed by atoms with Crippen LogP contribution in [0.4, 0.5) is 0 Å². The molecule has 1 spiro atoms. The molecule has 15 heavy (non-hydrogen) atoms. The van der Waals surface area contributed by atoms with E-state index in [1.807, 2.05) is 4.90 Å². The molecule has 2 fully saturated rings. The molecule has 0 unspecified atom stereocenters. The van der Waals surface area contributed by atoms with Gasteiger partial charge in [0, 0.05) is 13.1 Å². The van der Waals surface area contributed by atoms with E-state index in [-0.39, 0.29) is 18.1 Å². The lowest BCUT2D eigenvalue weighted by atomic mass is 9.63. The van der Waals surface area contributed by atoms with Crippen molar-refractivity contribution in [3.63, 3.8) is 0 Å². The van der Waals surface area contributed by atoms with Gasteiger partial charge in [0.25, 0.3) is 0 Å². The highest BCUT2D eigenvalue weighted by molar-refractivity contribution is 5.96. The first-order valence-corrected chi connectivity index (χ1v) is 5.89. The molecule has 1 saturated heterocycles. The first-order chi connectivity index (χ1) is 7.11. The number of nitrogens with zero attached hydrogens (tertiary/aromatic N) is 1. The summed E-state index contributed by atoms with van der Waals surface area (Å²) < 4.78 is 0. The molecular weight excluding hydrogens is 190 g/mol. The highest BCUT2D eigenvalue weighted by Crippen LogP contribution is 2.48. The Morgan fingerprint density at radius 1 is 1.13 bits per heavy atom. The van der Waals surface area contributed by atoms with Crippen LogP contribution in [-0.4, -0.2) is 29.7 Å². The number of ketones is 1. The van der Waals surface area contributed by atoms with Crippen LogP contribution in [0.2, 0.25) is 0 Å². The van der Waals surface area contributed by atoms with Gasteiger partial charge in [-0.05, 0) is 38.0 Å². The highest BCUT2D eigenvalue weighted by Gasteiger charge is 2.40. The summed E-state index contributed by atoms with van der Waals surface area (Å²) in [6.07, 6.45) is 6.45. The first-order valence-electron chi connectivity index (χ1n) is 5.89.